The van der Waals surface area contributed by atoms with Gasteiger partial charge in [0.2, 0.25) is 0 Å². The Kier molecular flexibility index (Phi) is 36.4. The molecule has 0 bridgehead atoms. The van der Waals surface area contributed by atoms with E-state index in [1.54, 1.807) is 0 Å². The van der Waals surface area contributed by atoms with E-state index in [0.717, 1.165) is 44.9 Å². The molecule has 0 saturated carbocycles. The Morgan fingerprint density at radius 1 is 0.612 bits per heavy atom. The van der Waals surface area contributed by atoms with Gasteiger partial charge in [0.1, 0.15) is 12.2 Å². The third-order valence-corrected chi connectivity index (χ3v) is 9.65. The highest BCUT2D eigenvalue weighted by molar-refractivity contribution is 7.47. The van der Waals surface area contributed by atoms with Gasteiger partial charge < -0.3 is 24.6 Å². The molecule has 0 aromatic carbocycles. The van der Waals surface area contributed by atoms with Crippen LogP contribution in [0.5, 0.6) is 0 Å². The maximum Gasteiger partial charge on any atom is 0.472 e. The molecule has 49 heavy (non-hydrogen) atoms. The van der Waals surface area contributed by atoms with Crippen molar-refractivity contribution in [2.45, 2.75) is 199 Å². The summed E-state index contributed by atoms with van der Waals surface area (Å²) < 4.78 is 33.3. The van der Waals surface area contributed by atoms with E-state index in [0.29, 0.717) is 6.61 Å². The average molecular weight is 721 g/mol. The molecular formula is C39H77O9P. The minimum atomic E-state index is -4.51. The maximum atomic E-state index is 12.6. The molecule has 0 saturated heterocycles. The fourth-order valence-electron chi connectivity index (χ4n) is 5.59. The van der Waals surface area contributed by atoms with Crippen LogP contribution in [0, 0.1) is 0 Å². The van der Waals surface area contributed by atoms with E-state index in [-0.39, 0.29) is 25.6 Å². The van der Waals surface area contributed by atoms with E-state index in [4.69, 9.17) is 23.6 Å². The molecule has 0 heterocycles. The Labute approximate surface area is 300 Å². The zero-order chi connectivity index (χ0) is 36.1. The molecule has 0 aliphatic rings. The van der Waals surface area contributed by atoms with Crippen molar-refractivity contribution in [3.63, 3.8) is 0 Å². The van der Waals surface area contributed by atoms with Crippen molar-refractivity contribution >= 4 is 13.8 Å². The molecule has 3 atom stereocenters. The summed E-state index contributed by atoms with van der Waals surface area (Å²) in [6.45, 7) is 3.51. The Hall–Kier alpha value is -0.800. The summed E-state index contributed by atoms with van der Waals surface area (Å²) in [5.41, 5.74) is 0. The van der Waals surface area contributed by atoms with Gasteiger partial charge >= 0.3 is 13.8 Å². The van der Waals surface area contributed by atoms with Crippen LogP contribution in [0.1, 0.15) is 187 Å². The molecule has 0 aliphatic heterocycles. The van der Waals surface area contributed by atoms with E-state index < -0.39 is 33.2 Å². The van der Waals surface area contributed by atoms with Gasteiger partial charge in [-0.15, -0.1) is 0 Å². The van der Waals surface area contributed by atoms with Gasteiger partial charge in [-0.25, -0.2) is 4.57 Å². The van der Waals surface area contributed by atoms with E-state index in [1.807, 2.05) is 0 Å². The van der Waals surface area contributed by atoms with Crippen molar-refractivity contribution in [3.8, 4) is 0 Å². The lowest BCUT2D eigenvalue weighted by atomic mass is 10.0. The van der Waals surface area contributed by atoms with Crippen LogP contribution in [0.25, 0.3) is 0 Å². The number of aliphatic hydroxyl groups is 2. The lowest BCUT2D eigenvalue weighted by molar-refractivity contribution is -0.154. The number of unbranched alkanes of at least 4 members (excludes halogenated alkanes) is 23. The molecule has 10 heteroatoms. The first kappa shape index (κ1) is 48.2. The first-order chi connectivity index (χ1) is 23.8. The number of hydrogen-bond donors (Lipinski definition) is 3. The fourth-order valence-corrected chi connectivity index (χ4v) is 6.37. The predicted molar refractivity (Wildman–Crippen MR) is 201 cm³/mol. The number of allylic oxidation sites excluding steroid dienone is 2. The van der Waals surface area contributed by atoms with Crippen LogP contribution in [-0.2, 0) is 27.9 Å². The average Bonchev–Trinajstić information content (AvgIpc) is 3.09. The van der Waals surface area contributed by atoms with Gasteiger partial charge in [-0.05, 0) is 38.5 Å². The summed E-state index contributed by atoms with van der Waals surface area (Å²) >= 11 is 0. The number of ether oxygens (including phenoxy) is 2. The molecule has 9 nitrogen and oxygen atoms in total. The number of esters is 1. The second-order valence-corrected chi connectivity index (χ2v) is 15.1. The van der Waals surface area contributed by atoms with Crippen molar-refractivity contribution in [3.05, 3.63) is 12.2 Å². The van der Waals surface area contributed by atoms with Crippen LogP contribution in [0.4, 0.5) is 0 Å². The molecule has 0 radical (unpaired) electrons. The van der Waals surface area contributed by atoms with Gasteiger partial charge in [-0.3, -0.25) is 13.8 Å². The number of rotatable bonds is 39. The van der Waals surface area contributed by atoms with E-state index in [9.17, 15) is 19.4 Å². The fraction of sp³-hybridized carbons (Fsp3) is 0.923. The number of carbonyl (C=O) groups excluding carboxylic acids is 1. The smallest absolute Gasteiger partial charge is 0.457 e. The zero-order valence-electron chi connectivity index (χ0n) is 31.7. The molecule has 292 valence electrons. The largest absolute Gasteiger partial charge is 0.472 e. The van der Waals surface area contributed by atoms with Gasteiger partial charge in [0.15, 0.2) is 0 Å². The first-order valence-electron chi connectivity index (χ1n) is 20.2. The van der Waals surface area contributed by atoms with E-state index in [2.05, 4.69) is 26.0 Å². The summed E-state index contributed by atoms with van der Waals surface area (Å²) in [4.78, 5) is 22.5. The number of hydrogen-bond acceptors (Lipinski definition) is 8. The molecule has 0 amide bonds. The topological polar surface area (TPSA) is 132 Å². The lowest BCUT2D eigenvalue weighted by Crippen LogP contribution is -2.29. The quantitative estimate of drug-likeness (QED) is 0.0246. The van der Waals surface area contributed by atoms with Crippen molar-refractivity contribution < 1.29 is 43.0 Å². The highest BCUT2D eigenvalue weighted by atomic mass is 31.2. The Bertz CT molecular complexity index is 780. The molecule has 0 rings (SSSR count). The van der Waals surface area contributed by atoms with Crippen LogP contribution in [0.3, 0.4) is 0 Å². The third-order valence-electron chi connectivity index (χ3n) is 8.70. The lowest BCUT2D eigenvalue weighted by Gasteiger charge is -2.20. The van der Waals surface area contributed by atoms with E-state index in [1.165, 1.54) is 122 Å². The summed E-state index contributed by atoms with van der Waals surface area (Å²) in [7, 11) is -4.51. The second-order valence-electron chi connectivity index (χ2n) is 13.7. The Balaban J connectivity index is 4.19. The van der Waals surface area contributed by atoms with Crippen molar-refractivity contribution in [1.29, 1.82) is 0 Å². The standard InChI is InChI=1S/C39H77O9P/c1-3-5-7-9-11-13-15-17-18-20-22-24-26-28-30-32-45-35-38(36-47-49(43,44)46-34-37(41)33-40)48-39(42)31-29-27-25-23-21-19-16-14-12-10-8-6-4-2/h15,17,37-38,40-41H,3-14,16,18-36H2,1-2H3,(H,43,44)/b17-15-. The minimum Gasteiger partial charge on any atom is -0.457 e. The van der Waals surface area contributed by atoms with Crippen molar-refractivity contribution in [1.82, 2.24) is 0 Å². The number of carbonyl (C=O) groups is 1. The molecule has 3 unspecified atom stereocenters. The highest BCUT2D eigenvalue weighted by Crippen LogP contribution is 2.43. The van der Waals surface area contributed by atoms with Crippen molar-refractivity contribution in [2.24, 2.45) is 0 Å². The van der Waals surface area contributed by atoms with Crippen LogP contribution >= 0.6 is 7.82 Å². The monoisotopic (exact) mass is 721 g/mol. The Morgan fingerprint density at radius 2 is 1.04 bits per heavy atom. The molecule has 0 fully saturated rings. The number of phosphoric ester groups is 1. The van der Waals surface area contributed by atoms with Crippen LogP contribution in [0.2, 0.25) is 0 Å². The summed E-state index contributed by atoms with van der Waals surface area (Å²) in [6.07, 6.45) is 34.5. The normalized spacial score (nSPS) is 14.3. The van der Waals surface area contributed by atoms with Crippen molar-refractivity contribution in [2.75, 3.05) is 33.0 Å². The van der Waals surface area contributed by atoms with Gasteiger partial charge in [-0.1, -0.05) is 154 Å². The van der Waals surface area contributed by atoms with Crippen LogP contribution in [0.15, 0.2) is 12.2 Å². The van der Waals surface area contributed by atoms with Crippen LogP contribution in [-0.4, -0.2) is 66.3 Å². The molecule has 0 aliphatic carbocycles. The molecule has 0 aromatic rings. The Morgan fingerprint density at radius 3 is 1.53 bits per heavy atom. The first-order valence-corrected chi connectivity index (χ1v) is 21.7. The number of aliphatic hydroxyl groups excluding tert-OH is 2. The predicted octanol–water partition coefficient (Wildman–Crippen LogP) is 10.5. The molecule has 3 N–H and O–H groups in total. The van der Waals surface area contributed by atoms with Gasteiger partial charge in [-0.2, -0.15) is 0 Å². The summed E-state index contributed by atoms with van der Waals surface area (Å²) in [6, 6.07) is 0. The number of phosphoric acid groups is 1. The maximum absolute atomic E-state index is 12.6. The van der Waals surface area contributed by atoms with Gasteiger partial charge in [0.05, 0.1) is 26.4 Å². The van der Waals surface area contributed by atoms with E-state index >= 15 is 0 Å². The molecule has 0 spiro atoms. The summed E-state index contributed by atoms with van der Waals surface area (Å²) in [5, 5.41) is 18.3. The molecular weight excluding hydrogens is 643 g/mol. The SMILES string of the molecule is CCCCCCC/C=C\CCCCCCCCOCC(COP(=O)(O)OCC(O)CO)OC(=O)CCCCCCCCCCCCCCC. The third kappa shape index (κ3) is 36.8. The van der Waals surface area contributed by atoms with Crippen LogP contribution < -0.4 is 0 Å². The summed E-state index contributed by atoms with van der Waals surface area (Å²) in [5.74, 6) is -0.383. The molecule has 0 aromatic heterocycles. The van der Waals surface area contributed by atoms with Gasteiger partial charge in [0, 0.05) is 13.0 Å². The minimum absolute atomic E-state index is 0.0501. The van der Waals surface area contributed by atoms with Gasteiger partial charge in [0.25, 0.3) is 0 Å². The highest BCUT2D eigenvalue weighted by Gasteiger charge is 2.26. The zero-order valence-corrected chi connectivity index (χ0v) is 32.6. The second kappa shape index (κ2) is 37.0.